The third-order valence-corrected chi connectivity index (χ3v) is 5.95. The van der Waals surface area contributed by atoms with Crippen molar-refractivity contribution >= 4 is 17.1 Å². The molecule has 1 saturated heterocycles. The Balaban J connectivity index is 1.65. The van der Waals surface area contributed by atoms with Crippen molar-refractivity contribution in [2.45, 2.75) is 44.5 Å². The van der Waals surface area contributed by atoms with Crippen molar-refractivity contribution in [2.75, 3.05) is 25.0 Å². The summed E-state index contributed by atoms with van der Waals surface area (Å²) < 4.78 is 15.9. The van der Waals surface area contributed by atoms with E-state index in [-0.39, 0.29) is 12.6 Å². The minimum atomic E-state index is -1.61. The predicted octanol–water partition coefficient (Wildman–Crippen LogP) is 2.27. The minimum absolute atomic E-state index is 0.175. The van der Waals surface area contributed by atoms with Gasteiger partial charge in [0.05, 0.1) is 52.1 Å². The van der Waals surface area contributed by atoms with Gasteiger partial charge in [0.15, 0.2) is 0 Å². The number of nitrogens with zero attached hydrogens (tertiary/aromatic N) is 4. The second-order valence-electron chi connectivity index (χ2n) is 9.03. The van der Waals surface area contributed by atoms with Crippen LogP contribution >= 0.6 is 0 Å². The third kappa shape index (κ3) is 5.16. The van der Waals surface area contributed by atoms with Crippen LogP contribution in [0, 0.1) is 11.3 Å². The number of piperidine rings is 1. The molecule has 1 fully saturated rings. The number of anilines is 1. The highest BCUT2D eigenvalue weighted by Crippen LogP contribution is 2.27. The molecule has 3 aromatic rings. The Morgan fingerprint density at radius 3 is 2.82 bits per heavy atom. The quantitative estimate of drug-likeness (QED) is 0.421. The Hall–Kier alpha value is -3.55. The van der Waals surface area contributed by atoms with Gasteiger partial charge in [-0.15, -0.1) is 0 Å². The highest BCUT2D eigenvalue weighted by atomic mass is 19.1. The number of halogens is 1. The maximum atomic E-state index is 14.2. The summed E-state index contributed by atoms with van der Waals surface area (Å²) in [6, 6.07) is 9.49. The lowest BCUT2D eigenvalue weighted by Gasteiger charge is -2.26. The molecule has 10 heteroatoms. The molecule has 9 nitrogen and oxygen atoms in total. The second-order valence-corrected chi connectivity index (χ2v) is 9.03. The standard InChI is InChI=1S/C24H28FN7O2/c1-24(2,34)22(25)14-29-23(33)18-13-28-20(10-19(18)31-16-5-7-27-8-6-16)21-4-3-17-9-15(11-26)12-30-32(17)21/h3-4,9-10,12-13,16,22,27,34H,5-8,14H2,1-2H3,(H,28,31)(H,29,33). The Labute approximate surface area is 197 Å². The molecule has 178 valence electrons. The summed E-state index contributed by atoms with van der Waals surface area (Å²) >= 11 is 0. The van der Waals surface area contributed by atoms with Crippen LogP contribution in [0.5, 0.6) is 0 Å². The average molecular weight is 466 g/mol. The van der Waals surface area contributed by atoms with Crippen molar-refractivity contribution in [2.24, 2.45) is 0 Å². The SMILES string of the molecule is CC(C)(O)C(F)CNC(=O)c1cnc(-c2ccc3cc(C#N)cnn23)cc1NC1CCNCC1. The van der Waals surface area contributed by atoms with Gasteiger partial charge < -0.3 is 21.1 Å². The highest BCUT2D eigenvalue weighted by Gasteiger charge is 2.27. The van der Waals surface area contributed by atoms with Crippen molar-refractivity contribution in [1.29, 1.82) is 5.26 Å². The van der Waals surface area contributed by atoms with E-state index in [1.165, 1.54) is 26.2 Å². The Kier molecular flexibility index (Phi) is 6.77. The van der Waals surface area contributed by atoms with Crippen LogP contribution < -0.4 is 16.0 Å². The van der Waals surface area contributed by atoms with Crippen LogP contribution in [0.25, 0.3) is 16.9 Å². The number of nitriles is 1. The number of aliphatic hydroxyl groups is 1. The van der Waals surface area contributed by atoms with Crippen LogP contribution in [0.2, 0.25) is 0 Å². The zero-order valence-electron chi connectivity index (χ0n) is 19.2. The molecule has 0 bridgehead atoms. The number of carbonyl (C=O) groups excluding carboxylic acids is 1. The van der Waals surface area contributed by atoms with Crippen LogP contribution in [-0.2, 0) is 0 Å². The molecule has 4 heterocycles. The molecular formula is C24H28FN7O2. The molecule has 1 aliphatic rings. The number of amides is 1. The van der Waals surface area contributed by atoms with Gasteiger partial charge in [-0.25, -0.2) is 8.91 Å². The number of fused-ring (bicyclic) bond motifs is 1. The van der Waals surface area contributed by atoms with Crippen molar-refractivity contribution in [1.82, 2.24) is 25.2 Å². The van der Waals surface area contributed by atoms with Crippen molar-refractivity contribution < 1.29 is 14.3 Å². The fourth-order valence-corrected chi connectivity index (χ4v) is 3.86. The molecular weight excluding hydrogens is 437 g/mol. The zero-order valence-corrected chi connectivity index (χ0v) is 19.2. The van der Waals surface area contributed by atoms with E-state index in [1.807, 2.05) is 12.1 Å². The van der Waals surface area contributed by atoms with Gasteiger partial charge in [0.2, 0.25) is 0 Å². The number of hydrogen-bond acceptors (Lipinski definition) is 7. The maximum absolute atomic E-state index is 14.2. The third-order valence-electron chi connectivity index (χ3n) is 5.95. The van der Waals surface area contributed by atoms with E-state index in [1.54, 1.807) is 16.6 Å². The van der Waals surface area contributed by atoms with Gasteiger partial charge in [0.1, 0.15) is 12.2 Å². The fraction of sp³-hybridized carbons (Fsp3) is 0.417. The molecule has 1 amide bonds. The van der Waals surface area contributed by atoms with E-state index in [2.05, 4.69) is 32.1 Å². The van der Waals surface area contributed by atoms with Gasteiger partial charge in [-0.1, -0.05) is 0 Å². The molecule has 3 aromatic heterocycles. The van der Waals surface area contributed by atoms with Gasteiger partial charge in [-0.05, 0) is 64.0 Å². The number of rotatable bonds is 7. The molecule has 1 atom stereocenters. The van der Waals surface area contributed by atoms with Crippen LogP contribution in [0.15, 0.2) is 36.7 Å². The molecule has 0 aliphatic carbocycles. The first-order valence-electron chi connectivity index (χ1n) is 11.3. The molecule has 1 aliphatic heterocycles. The first-order valence-corrected chi connectivity index (χ1v) is 11.3. The van der Waals surface area contributed by atoms with Crippen molar-refractivity contribution in [3.05, 3.63) is 47.8 Å². The van der Waals surface area contributed by atoms with E-state index in [4.69, 9.17) is 5.26 Å². The highest BCUT2D eigenvalue weighted by molar-refractivity contribution is 6.00. The zero-order chi connectivity index (χ0) is 24.3. The van der Waals surface area contributed by atoms with Crippen LogP contribution in [0.1, 0.15) is 42.6 Å². The average Bonchev–Trinajstić information content (AvgIpc) is 3.25. The summed E-state index contributed by atoms with van der Waals surface area (Å²) in [7, 11) is 0. The molecule has 0 aromatic carbocycles. The Morgan fingerprint density at radius 1 is 1.35 bits per heavy atom. The molecule has 4 rings (SSSR count). The normalized spacial score (nSPS) is 15.6. The molecule has 0 spiro atoms. The lowest BCUT2D eigenvalue weighted by molar-refractivity contribution is -0.00177. The number of aromatic nitrogens is 3. The summed E-state index contributed by atoms with van der Waals surface area (Å²) in [5, 5.41) is 32.6. The van der Waals surface area contributed by atoms with Gasteiger partial charge in [-0.2, -0.15) is 10.4 Å². The Bertz CT molecular complexity index is 1220. The molecule has 4 N–H and O–H groups in total. The Morgan fingerprint density at radius 2 is 2.12 bits per heavy atom. The summed E-state index contributed by atoms with van der Waals surface area (Å²) in [5.41, 5.74) is 1.87. The summed E-state index contributed by atoms with van der Waals surface area (Å²) in [4.78, 5) is 17.4. The van der Waals surface area contributed by atoms with Gasteiger partial charge in [0, 0.05) is 12.2 Å². The number of nitrogens with one attached hydrogen (secondary N) is 3. The lowest BCUT2D eigenvalue weighted by Crippen LogP contribution is -2.42. The maximum Gasteiger partial charge on any atom is 0.255 e. The monoisotopic (exact) mass is 465 g/mol. The van der Waals surface area contributed by atoms with Crippen molar-refractivity contribution in [3.8, 4) is 17.5 Å². The molecule has 1 unspecified atom stereocenters. The van der Waals surface area contributed by atoms with Crippen LogP contribution in [0.3, 0.4) is 0 Å². The van der Waals surface area contributed by atoms with Crippen LogP contribution in [-0.4, -0.2) is 63.1 Å². The summed E-state index contributed by atoms with van der Waals surface area (Å²) in [6.45, 7) is 4.16. The first kappa shape index (κ1) is 23.6. The number of alkyl halides is 1. The van der Waals surface area contributed by atoms with Gasteiger partial charge in [-0.3, -0.25) is 9.78 Å². The van der Waals surface area contributed by atoms with Crippen LogP contribution in [0.4, 0.5) is 10.1 Å². The molecule has 0 radical (unpaired) electrons. The fourth-order valence-electron chi connectivity index (χ4n) is 3.86. The number of carbonyl (C=O) groups is 1. The van der Waals surface area contributed by atoms with E-state index in [0.717, 1.165) is 31.4 Å². The van der Waals surface area contributed by atoms with E-state index < -0.39 is 17.7 Å². The minimum Gasteiger partial charge on any atom is -0.387 e. The first-order chi connectivity index (χ1) is 16.3. The van der Waals surface area contributed by atoms with E-state index in [9.17, 15) is 14.3 Å². The van der Waals surface area contributed by atoms with E-state index >= 15 is 0 Å². The second kappa shape index (κ2) is 9.75. The van der Waals surface area contributed by atoms with Crippen molar-refractivity contribution in [3.63, 3.8) is 0 Å². The molecule has 0 saturated carbocycles. The molecule has 34 heavy (non-hydrogen) atoms. The van der Waals surface area contributed by atoms with E-state index in [0.29, 0.717) is 28.2 Å². The number of pyridine rings is 1. The summed E-state index contributed by atoms with van der Waals surface area (Å²) in [6.07, 6.45) is 3.14. The summed E-state index contributed by atoms with van der Waals surface area (Å²) in [5.74, 6) is -0.473. The van der Waals surface area contributed by atoms with Gasteiger partial charge >= 0.3 is 0 Å². The smallest absolute Gasteiger partial charge is 0.255 e. The number of hydrogen-bond donors (Lipinski definition) is 4. The lowest BCUT2D eigenvalue weighted by atomic mass is 10.0. The van der Waals surface area contributed by atoms with Gasteiger partial charge in [0.25, 0.3) is 5.91 Å². The predicted molar refractivity (Wildman–Crippen MR) is 126 cm³/mol. The topological polar surface area (TPSA) is 127 Å². The largest absolute Gasteiger partial charge is 0.387 e.